The molecule has 1 unspecified atom stereocenters. The average molecular weight is 381 g/mol. The highest BCUT2D eigenvalue weighted by Crippen LogP contribution is 2.45. The van der Waals surface area contributed by atoms with Gasteiger partial charge in [-0.1, -0.05) is 60.2 Å². The van der Waals surface area contributed by atoms with E-state index < -0.39 is 10.0 Å². The number of nitrogens with zero attached hydrogens (tertiary/aromatic N) is 1. The summed E-state index contributed by atoms with van der Waals surface area (Å²) >= 11 is 0. The van der Waals surface area contributed by atoms with E-state index in [4.69, 9.17) is 0 Å². The minimum Gasteiger partial charge on any atom is -0.299 e. The quantitative estimate of drug-likeness (QED) is 0.761. The van der Waals surface area contributed by atoms with Crippen molar-refractivity contribution in [2.45, 2.75) is 30.6 Å². The van der Waals surface area contributed by atoms with Crippen LogP contribution in [0.5, 0.6) is 0 Å². The molecule has 0 aromatic heterocycles. The zero-order valence-corrected chi connectivity index (χ0v) is 16.0. The van der Waals surface area contributed by atoms with Crippen LogP contribution in [0.2, 0.25) is 0 Å². The predicted molar refractivity (Wildman–Crippen MR) is 105 cm³/mol. The smallest absolute Gasteiger partial charge is 0.243 e. The summed E-state index contributed by atoms with van der Waals surface area (Å²) in [5.74, 6) is 0.254. The SMILES string of the molecule is O=C1CCC2(Cc3ccccc3)CN(S(=O)(=O)c3ccccc3)CC=C2C1. The fourth-order valence-electron chi connectivity index (χ4n) is 4.28. The third kappa shape index (κ3) is 3.49. The highest BCUT2D eigenvalue weighted by molar-refractivity contribution is 7.89. The molecule has 5 heteroatoms. The summed E-state index contributed by atoms with van der Waals surface area (Å²) in [5.41, 5.74) is 1.99. The van der Waals surface area contributed by atoms with Gasteiger partial charge in [0.25, 0.3) is 0 Å². The molecule has 0 bridgehead atoms. The molecule has 0 radical (unpaired) electrons. The molecule has 2 aliphatic rings. The van der Waals surface area contributed by atoms with E-state index in [2.05, 4.69) is 12.1 Å². The minimum absolute atomic E-state index is 0.254. The van der Waals surface area contributed by atoms with E-state index in [1.165, 1.54) is 5.56 Å². The van der Waals surface area contributed by atoms with Crippen molar-refractivity contribution in [3.05, 3.63) is 77.9 Å². The normalized spacial score (nSPS) is 23.6. The molecule has 2 aromatic carbocycles. The van der Waals surface area contributed by atoms with Gasteiger partial charge in [-0.2, -0.15) is 4.31 Å². The summed E-state index contributed by atoms with van der Waals surface area (Å²) in [6, 6.07) is 18.7. The Labute approximate surface area is 160 Å². The molecule has 1 atom stereocenters. The first kappa shape index (κ1) is 18.1. The van der Waals surface area contributed by atoms with Crippen LogP contribution in [0.4, 0.5) is 0 Å². The van der Waals surface area contributed by atoms with Gasteiger partial charge in [-0.25, -0.2) is 8.42 Å². The van der Waals surface area contributed by atoms with E-state index in [9.17, 15) is 13.2 Å². The monoisotopic (exact) mass is 381 g/mol. The zero-order valence-electron chi connectivity index (χ0n) is 15.2. The molecule has 0 amide bonds. The second kappa shape index (κ2) is 7.06. The fraction of sp³-hybridized carbons (Fsp3) is 0.318. The summed E-state index contributed by atoms with van der Waals surface area (Å²) in [7, 11) is -3.55. The van der Waals surface area contributed by atoms with E-state index in [0.29, 0.717) is 37.2 Å². The first-order valence-corrected chi connectivity index (χ1v) is 10.7. The lowest BCUT2D eigenvalue weighted by atomic mass is 9.65. The molecule has 1 aliphatic heterocycles. The lowest BCUT2D eigenvalue weighted by Crippen LogP contribution is -2.49. The summed E-state index contributed by atoms with van der Waals surface area (Å²) < 4.78 is 27.9. The topological polar surface area (TPSA) is 54.5 Å². The highest BCUT2D eigenvalue weighted by Gasteiger charge is 2.44. The van der Waals surface area contributed by atoms with Crippen LogP contribution in [-0.4, -0.2) is 31.6 Å². The molecule has 140 valence electrons. The van der Waals surface area contributed by atoms with Crippen molar-refractivity contribution in [3.8, 4) is 0 Å². The van der Waals surface area contributed by atoms with Gasteiger partial charge in [-0.05, 0) is 30.5 Å². The average Bonchev–Trinajstić information content (AvgIpc) is 2.69. The van der Waals surface area contributed by atoms with Crippen LogP contribution in [0, 0.1) is 5.41 Å². The minimum atomic E-state index is -3.55. The van der Waals surface area contributed by atoms with Crippen LogP contribution in [0.1, 0.15) is 24.8 Å². The number of ketones is 1. The second-order valence-corrected chi connectivity index (χ2v) is 9.44. The van der Waals surface area contributed by atoms with Gasteiger partial charge in [0.2, 0.25) is 10.0 Å². The van der Waals surface area contributed by atoms with Crippen LogP contribution < -0.4 is 0 Å². The van der Waals surface area contributed by atoms with E-state index in [1.54, 1.807) is 28.6 Å². The number of hydrogen-bond donors (Lipinski definition) is 0. The Morgan fingerprint density at radius 2 is 1.63 bits per heavy atom. The molecule has 0 N–H and O–H groups in total. The maximum Gasteiger partial charge on any atom is 0.243 e. The fourth-order valence-corrected chi connectivity index (χ4v) is 5.77. The van der Waals surface area contributed by atoms with Gasteiger partial charge in [0.05, 0.1) is 4.90 Å². The molecule has 0 spiro atoms. The van der Waals surface area contributed by atoms with Crippen LogP contribution in [0.3, 0.4) is 0 Å². The molecule has 1 saturated carbocycles. The Hall–Kier alpha value is -2.24. The van der Waals surface area contributed by atoms with Crippen molar-refractivity contribution >= 4 is 15.8 Å². The highest BCUT2D eigenvalue weighted by atomic mass is 32.2. The van der Waals surface area contributed by atoms with Gasteiger partial charge in [0, 0.05) is 31.3 Å². The third-order valence-corrected chi connectivity index (χ3v) is 7.56. The Morgan fingerprint density at radius 1 is 0.963 bits per heavy atom. The van der Waals surface area contributed by atoms with E-state index >= 15 is 0 Å². The molecular weight excluding hydrogens is 358 g/mol. The maximum atomic E-state index is 13.2. The van der Waals surface area contributed by atoms with Gasteiger partial charge in [-0.3, -0.25) is 4.79 Å². The van der Waals surface area contributed by atoms with Crippen molar-refractivity contribution in [3.63, 3.8) is 0 Å². The van der Waals surface area contributed by atoms with Crippen LogP contribution in [-0.2, 0) is 21.2 Å². The van der Waals surface area contributed by atoms with E-state index in [-0.39, 0.29) is 11.2 Å². The van der Waals surface area contributed by atoms with Crippen LogP contribution in [0.15, 0.2) is 77.2 Å². The molecule has 0 saturated heterocycles. The summed E-state index contributed by atoms with van der Waals surface area (Å²) in [6.45, 7) is 0.759. The van der Waals surface area contributed by atoms with Gasteiger partial charge in [0.15, 0.2) is 0 Å². The number of benzene rings is 2. The Bertz CT molecular complexity index is 967. The largest absolute Gasteiger partial charge is 0.299 e. The first-order chi connectivity index (χ1) is 13.0. The number of sulfonamides is 1. The Kier molecular flexibility index (Phi) is 4.74. The lowest BCUT2D eigenvalue weighted by Gasteiger charge is -2.45. The molecule has 2 aromatic rings. The van der Waals surface area contributed by atoms with Crippen LogP contribution in [0.25, 0.3) is 0 Å². The van der Waals surface area contributed by atoms with Gasteiger partial charge in [0.1, 0.15) is 5.78 Å². The van der Waals surface area contributed by atoms with Crippen molar-refractivity contribution in [2.24, 2.45) is 5.41 Å². The molecule has 1 heterocycles. The van der Waals surface area contributed by atoms with Crippen molar-refractivity contribution in [1.29, 1.82) is 0 Å². The predicted octanol–water partition coefficient (Wildman–Crippen LogP) is 3.60. The maximum absolute atomic E-state index is 13.2. The molecule has 1 fully saturated rings. The number of Topliss-reactive ketones (excluding diaryl/α,β-unsaturated/α-hetero) is 1. The second-order valence-electron chi connectivity index (χ2n) is 7.50. The Balaban J connectivity index is 1.70. The number of carbonyl (C=O) groups excluding carboxylic acids is 1. The van der Waals surface area contributed by atoms with Gasteiger partial charge < -0.3 is 0 Å². The number of rotatable bonds is 4. The van der Waals surface area contributed by atoms with E-state index in [1.807, 2.05) is 30.3 Å². The molecule has 27 heavy (non-hydrogen) atoms. The van der Waals surface area contributed by atoms with Crippen molar-refractivity contribution in [2.75, 3.05) is 13.1 Å². The standard InChI is InChI=1S/C22H23NO3S/c24-20-11-13-22(16-18-7-3-1-4-8-18)17-23(14-12-19(22)15-20)27(25,26)21-9-5-2-6-10-21/h1-10,12H,11,13-17H2. The molecule has 1 aliphatic carbocycles. The lowest BCUT2D eigenvalue weighted by molar-refractivity contribution is -0.120. The van der Waals surface area contributed by atoms with Gasteiger partial charge >= 0.3 is 0 Å². The van der Waals surface area contributed by atoms with Crippen molar-refractivity contribution in [1.82, 2.24) is 4.31 Å². The summed E-state index contributed by atoms with van der Waals surface area (Å²) in [4.78, 5) is 12.4. The zero-order chi connectivity index (χ0) is 18.9. The number of hydrogen-bond acceptors (Lipinski definition) is 3. The van der Waals surface area contributed by atoms with E-state index in [0.717, 1.165) is 12.0 Å². The summed E-state index contributed by atoms with van der Waals surface area (Å²) in [5, 5.41) is 0. The first-order valence-electron chi connectivity index (χ1n) is 9.30. The molecule has 4 rings (SSSR count). The Morgan fingerprint density at radius 3 is 2.33 bits per heavy atom. The number of fused-ring (bicyclic) bond motifs is 1. The van der Waals surface area contributed by atoms with Crippen LogP contribution >= 0.6 is 0 Å². The summed E-state index contributed by atoms with van der Waals surface area (Å²) in [6.07, 6.45) is 4.40. The molecular formula is C22H23NO3S. The van der Waals surface area contributed by atoms with Gasteiger partial charge in [-0.15, -0.1) is 0 Å². The van der Waals surface area contributed by atoms with Crippen molar-refractivity contribution < 1.29 is 13.2 Å². The third-order valence-electron chi connectivity index (χ3n) is 5.74. The molecule has 4 nitrogen and oxygen atoms in total. The number of carbonyl (C=O) groups is 1.